The molecule has 0 radical (unpaired) electrons. The summed E-state index contributed by atoms with van der Waals surface area (Å²) < 4.78 is 18.9. The van der Waals surface area contributed by atoms with Crippen LogP contribution in [0, 0.1) is 0 Å². The van der Waals surface area contributed by atoms with Crippen molar-refractivity contribution in [1.82, 2.24) is 25.2 Å². The number of oxime groups is 1. The van der Waals surface area contributed by atoms with Crippen LogP contribution in [-0.4, -0.2) is 86.0 Å². The number of thioether (sulfide) groups is 2. The molecule has 19 heteroatoms. The number of carbonyl (C=O) groups excluding carboxylic acids is 4. The Morgan fingerprint density at radius 3 is 2.00 bits per heavy atom. The van der Waals surface area contributed by atoms with Gasteiger partial charge in [-0.15, -0.1) is 34.4 Å². The molecule has 0 spiro atoms. The molecule has 2 atom stereocenters. The summed E-state index contributed by atoms with van der Waals surface area (Å²) in [6, 6.07) is 56.5. The van der Waals surface area contributed by atoms with E-state index in [1.807, 2.05) is 158 Å². The maximum absolute atomic E-state index is 14.9. The van der Waals surface area contributed by atoms with Gasteiger partial charge in [0.25, 0.3) is 11.8 Å². The Balaban J connectivity index is 0.885. The Morgan fingerprint density at radius 2 is 1.40 bits per heavy atom. The van der Waals surface area contributed by atoms with E-state index in [1.54, 1.807) is 49.1 Å². The summed E-state index contributed by atoms with van der Waals surface area (Å²) in [5, 5.41) is 12.3. The molecule has 0 aliphatic carbocycles. The zero-order valence-corrected chi connectivity index (χ0v) is 46.0. The Kier molecular flexibility index (Phi) is 16.4. The lowest BCUT2D eigenvalue weighted by Gasteiger charge is -2.49. The summed E-state index contributed by atoms with van der Waals surface area (Å²) in [7, 11) is 1.57. The molecule has 5 heterocycles. The number of amides is 2. The topological polar surface area (TPSA) is 184 Å². The predicted octanol–water partition coefficient (Wildman–Crippen LogP) is 10.8. The predicted molar refractivity (Wildman–Crippen MR) is 311 cm³/mol. The van der Waals surface area contributed by atoms with Gasteiger partial charge in [0.15, 0.2) is 21.3 Å². The van der Waals surface area contributed by atoms with E-state index in [-0.39, 0.29) is 23.7 Å². The van der Waals surface area contributed by atoms with Gasteiger partial charge in [0, 0.05) is 29.3 Å². The van der Waals surface area contributed by atoms with Crippen LogP contribution in [-0.2, 0) is 45.6 Å². The van der Waals surface area contributed by atoms with Crippen LogP contribution in [0.5, 0.6) is 5.75 Å². The van der Waals surface area contributed by atoms with Crippen LogP contribution in [0.15, 0.2) is 221 Å². The van der Waals surface area contributed by atoms with Gasteiger partial charge >= 0.3 is 11.9 Å². The first kappa shape index (κ1) is 53.4. The smallest absolute Gasteiger partial charge is 0.355 e. The number of ether oxygens (including phenoxy) is 3. The van der Waals surface area contributed by atoms with Crippen molar-refractivity contribution in [2.75, 3.05) is 30.5 Å². The van der Waals surface area contributed by atoms with Gasteiger partial charge in [-0.25, -0.2) is 19.6 Å². The number of hydrogen-bond acceptors (Lipinski definition) is 17. The van der Waals surface area contributed by atoms with E-state index in [0.717, 1.165) is 47.9 Å². The van der Waals surface area contributed by atoms with Crippen molar-refractivity contribution >= 4 is 91.0 Å². The van der Waals surface area contributed by atoms with Crippen molar-refractivity contribution in [3.8, 4) is 5.75 Å². The molecule has 11 rings (SSSR count). The summed E-state index contributed by atoms with van der Waals surface area (Å²) in [4.78, 5) is 78.4. The molecule has 1 fully saturated rings. The van der Waals surface area contributed by atoms with Crippen LogP contribution >= 0.6 is 46.2 Å². The Morgan fingerprint density at radius 1 is 0.787 bits per heavy atom. The minimum absolute atomic E-state index is 0.0577. The van der Waals surface area contributed by atoms with Crippen LogP contribution in [0.4, 0.5) is 5.13 Å². The van der Waals surface area contributed by atoms with Gasteiger partial charge < -0.3 is 29.7 Å². The average Bonchev–Trinajstić information content (AvgIpc) is 4.30. The monoisotopic (exact) mass is 1140 g/mol. The van der Waals surface area contributed by atoms with Gasteiger partial charge in [-0.1, -0.05) is 181 Å². The van der Waals surface area contributed by atoms with Crippen LogP contribution in [0.2, 0.25) is 0 Å². The minimum atomic E-state index is -1.10. The number of anilines is 1. The first-order chi connectivity index (χ1) is 39.2. The molecule has 0 bridgehead atoms. The lowest BCUT2D eigenvalue weighted by atomic mass is 9.77. The van der Waals surface area contributed by atoms with E-state index in [4.69, 9.17) is 29.0 Å². The van der Waals surface area contributed by atoms with Crippen molar-refractivity contribution in [1.29, 1.82) is 0 Å². The molecule has 2 aliphatic heterocycles. The molecular weight excluding hydrogens is 1090 g/mol. The SMILES string of the molecule is COc1ccc(COC(=O)C2=C(CSc3nc4ccncc4s3)CS[C@H]3C(NC(=O)/C(=N\OCC(=O)OC(c4ccccc4)c4ccccc4)c4csc(NC(c5ccccc5)(c5ccccc5)c5ccccc5)n4)C(=O)N23)cc1. The molecule has 1 unspecified atom stereocenters. The third kappa shape index (κ3) is 11.6. The number of methoxy groups -OCH3 is 1. The summed E-state index contributed by atoms with van der Waals surface area (Å²) in [5.74, 6) is -1.43. The number of fused-ring (bicyclic) bond motifs is 2. The van der Waals surface area contributed by atoms with Crippen molar-refractivity contribution in [2.45, 2.75) is 34.0 Å². The van der Waals surface area contributed by atoms with E-state index in [1.165, 1.54) is 51.1 Å². The molecule has 80 heavy (non-hydrogen) atoms. The first-order valence-corrected chi connectivity index (χ1v) is 29.0. The normalized spacial score (nSPS) is 15.2. The highest BCUT2D eigenvalue weighted by Gasteiger charge is 2.55. The van der Waals surface area contributed by atoms with Gasteiger partial charge in [-0.2, -0.15) is 0 Å². The molecule has 6 aromatic carbocycles. The summed E-state index contributed by atoms with van der Waals surface area (Å²) in [6.45, 7) is -0.727. The van der Waals surface area contributed by atoms with Gasteiger partial charge in [0.1, 0.15) is 40.7 Å². The summed E-state index contributed by atoms with van der Waals surface area (Å²) >= 11 is 5.58. The van der Waals surface area contributed by atoms with Crippen LogP contribution in [0.1, 0.15) is 45.2 Å². The molecular formula is C61H49N7O8S4. The zero-order chi connectivity index (χ0) is 54.8. The van der Waals surface area contributed by atoms with Crippen LogP contribution < -0.4 is 15.4 Å². The van der Waals surface area contributed by atoms with Gasteiger partial charge in [0.05, 0.1) is 17.3 Å². The number of benzene rings is 6. The third-order valence-corrected chi connectivity index (χ3v) is 17.6. The number of nitrogens with zero attached hydrogens (tertiary/aromatic N) is 5. The molecule has 9 aromatic rings. The van der Waals surface area contributed by atoms with E-state index < -0.39 is 53.4 Å². The Hall–Kier alpha value is -8.62. The van der Waals surface area contributed by atoms with Crippen molar-refractivity contribution in [3.63, 3.8) is 0 Å². The molecule has 2 aliphatic rings. The van der Waals surface area contributed by atoms with E-state index in [0.29, 0.717) is 28.0 Å². The second-order valence-corrected chi connectivity index (χ2v) is 22.5. The molecule has 15 nitrogen and oxygen atoms in total. The number of β-lactam (4-membered cyclic amide) rings is 1. The van der Waals surface area contributed by atoms with Crippen molar-refractivity contribution in [2.24, 2.45) is 5.16 Å². The highest BCUT2D eigenvalue weighted by molar-refractivity contribution is 8.02. The van der Waals surface area contributed by atoms with E-state index in [9.17, 15) is 19.2 Å². The van der Waals surface area contributed by atoms with Crippen LogP contribution in [0.25, 0.3) is 10.2 Å². The maximum atomic E-state index is 14.9. The number of pyridine rings is 1. The van der Waals surface area contributed by atoms with Crippen LogP contribution in [0.3, 0.4) is 0 Å². The first-order valence-electron chi connectivity index (χ1n) is 25.3. The number of rotatable bonds is 21. The highest BCUT2D eigenvalue weighted by atomic mass is 32.2. The quantitative estimate of drug-likeness (QED) is 0.0173. The van der Waals surface area contributed by atoms with E-state index in [2.05, 4.69) is 20.8 Å². The molecule has 2 N–H and O–H groups in total. The largest absolute Gasteiger partial charge is 0.497 e. The average molecular weight is 1140 g/mol. The van der Waals surface area contributed by atoms with Crippen molar-refractivity contribution in [3.05, 3.63) is 250 Å². The second-order valence-electron chi connectivity index (χ2n) is 18.3. The summed E-state index contributed by atoms with van der Waals surface area (Å²) in [5.41, 5.74) is 5.44. The number of esters is 2. The lowest BCUT2D eigenvalue weighted by molar-refractivity contribution is -0.153. The second kappa shape index (κ2) is 24.6. The molecule has 1 saturated heterocycles. The fraction of sp³-hybridized carbons (Fsp3) is 0.148. The fourth-order valence-electron chi connectivity index (χ4n) is 9.39. The van der Waals surface area contributed by atoms with Gasteiger partial charge in [-0.3, -0.25) is 19.5 Å². The number of nitrogens with one attached hydrogen (secondary N) is 2. The number of aromatic nitrogens is 3. The molecule has 3 aromatic heterocycles. The van der Waals surface area contributed by atoms with Crippen molar-refractivity contribution < 1.29 is 38.2 Å². The van der Waals surface area contributed by atoms with Gasteiger partial charge in [-0.05, 0) is 57.2 Å². The zero-order valence-electron chi connectivity index (χ0n) is 42.7. The Labute approximate surface area is 477 Å². The molecule has 2 amide bonds. The molecule has 0 saturated carbocycles. The minimum Gasteiger partial charge on any atom is -0.497 e. The summed E-state index contributed by atoms with van der Waals surface area (Å²) in [6.07, 6.45) is 2.69. The maximum Gasteiger partial charge on any atom is 0.355 e. The Bertz CT molecular complexity index is 3530. The highest BCUT2D eigenvalue weighted by Crippen LogP contribution is 2.44. The van der Waals surface area contributed by atoms with E-state index >= 15 is 0 Å². The number of hydrogen-bond donors (Lipinski definition) is 2. The third-order valence-electron chi connectivity index (χ3n) is 13.3. The number of carbonyl (C=O) groups is 4. The lowest BCUT2D eigenvalue weighted by Crippen LogP contribution is -2.71. The number of thiazole rings is 2. The van der Waals surface area contributed by atoms with Gasteiger partial charge in [0.2, 0.25) is 6.61 Å². The molecule has 400 valence electrons. The fourth-order valence-corrected chi connectivity index (χ4v) is 13.7. The standard InChI is InChI=1S/C61H49N7O8S4/c1-73-46-29-27-39(28-30-46)34-74-58(72)53-42(37-79-60-64-47-31-32-62-33-49(47)80-60)36-77-57-52(56(71)68(53)57)65-55(70)51(67-75-35-50(69)76-54(40-17-7-2-8-18-40)41-19-9-3-10-20-41)48-38-78-59(63-48)66-61(43-21-11-4-12-22-43,44-23-13-5-14-24-44)45-25-15-6-16-26-45/h2-33,38,52,54,57H,34-37H2,1H3,(H,63,66)(H,65,70)/b67-51-/t52?,57-/m0/s1.